The molecule has 0 spiro atoms. The van der Waals surface area contributed by atoms with Crippen LogP contribution >= 0.6 is 0 Å². The van der Waals surface area contributed by atoms with Crippen LogP contribution in [0.15, 0.2) is 12.7 Å². The van der Waals surface area contributed by atoms with E-state index in [0.717, 1.165) is 51.9 Å². The first kappa shape index (κ1) is 16.0. The van der Waals surface area contributed by atoms with E-state index in [4.69, 9.17) is 4.84 Å². The minimum Gasteiger partial charge on any atom is -0.390 e. The number of hydrogen-bond acceptors (Lipinski definition) is 4. The maximum Gasteiger partial charge on any atom is 0.0980 e. The number of aliphatic hydroxyl groups excluding tert-OH is 1. The van der Waals surface area contributed by atoms with Crippen molar-refractivity contribution >= 4 is 0 Å². The molecule has 0 saturated carbocycles. The lowest BCUT2D eigenvalue weighted by molar-refractivity contribution is -0.0741. The molecule has 22 heavy (non-hydrogen) atoms. The summed E-state index contributed by atoms with van der Waals surface area (Å²) >= 11 is 0. The van der Waals surface area contributed by atoms with Gasteiger partial charge in [0.25, 0.3) is 0 Å². The lowest BCUT2D eigenvalue weighted by atomic mass is 9.81. The lowest BCUT2D eigenvalue weighted by Gasteiger charge is -2.46. The molecule has 122 valence electrons. The van der Waals surface area contributed by atoms with Crippen LogP contribution in [0, 0.1) is 23.7 Å². The molecule has 4 aliphatic heterocycles. The monoisotopic (exact) mass is 304 g/mol. The topological polar surface area (TPSA) is 35.7 Å². The maximum absolute atomic E-state index is 10.4. The zero-order valence-electron chi connectivity index (χ0n) is 13.6. The molecule has 4 aliphatic rings. The molecule has 4 saturated heterocycles. The van der Waals surface area contributed by atoms with E-state index >= 15 is 0 Å². The van der Waals surface area contributed by atoms with Crippen molar-refractivity contribution in [1.29, 1.82) is 0 Å². The summed E-state index contributed by atoms with van der Waals surface area (Å²) in [4.78, 5) is 7.90. The van der Waals surface area contributed by atoms with Crippen molar-refractivity contribution in [2.45, 2.75) is 50.8 Å². The molecule has 5 atom stereocenters. The largest absolute Gasteiger partial charge is 0.390 e. The van der Waals surface area contributed by atoms with Crippen molar-refractivity contribution in [1.82, 2.24) is 9.96 Å². The van der Waals surface area contributed by atoms with Gasteiger partial charge in [0.1, 0.15) is 0 Å². The predicted octanol–water partition coefficient (Wildman–Crippen LogP) is 1.66. The Morgan fingerprint density at radius 3 is 2.82 bits per heavy atom. The Morgan fingerprint density at radius 1 is 1.41 bits per heavy atom. The Hall–Kier alpha value is -0.860. The molecule has 1 N–H and O–H groups in total. The van der Waals surface area contributed by atoms with Crippen molar-refractivity contribution < 1.29 is 9.94 Å². The third-order valence-corrected chi connectivity index (χ3v) is 5.30. The summed E-state index contributed by atoms with van der Waals surface area (Å²) in [6.07, 6.45) is 5.82. The number of fused-ring (bicyclic) bond motifs is 3. The average molecular weight is 304 g/mol. The minimum absolute atomic E-state index is 0.0547. The summed E-state index contributed by atoms with van der Waals surface area (Å²) in [5.74, 6) is 7.66. The number of piperidine rings is 3. The summed E-state index contributed by atoms with van der Waals surface area (Å²) in [6, 6.07) is 0.541. The smallest absolute Gasteiger partial charge is 0.0980 e. The van der Waals surface area contributed by atoms with Crippen molar-refractivity contribution in [3.05, 3.63) is 12.7 Å². The molecule has 4 nitrogen and oxygen atoms in total. The third kappa shape index (κ3) is 3.38. The van der Waals surface area contributed by atoms with E-state index in [0.29, 0.717) is 17.9 Å². The lowest BCUT2D eigenvalue weighted by Crippen LogP contribution is -2.57. The number of allylic oxidation sites excluding steroid dienone is 1. The SMILES string of the molecule is C=CCC(CC#CC1C(O)C2CCN1CC2)C1CN1OCC. The maximum atomic E-state index is 10.4. The van der Waals surface area contributed by atoms with E-state index < -0.39 is 0 Å². The number of aliphatic hydroxyl groups is 1. The van der Waals surface area contributed by atoms with Crippen LogP contribution < -0.4 is 0 Å². The molecule has 4 heterocycles. The first-order chi connectivity index (χ1) is 10.7. The fourth-order valence-electron chi connectivity index (χ4n) is 3.91. The first-order valence-electron chi connectivity index (χ1n) is 8.65. The highest BCUT2D eigenvalue weighted by Gasteiger charge is 2.42. The highest BCUT2D eigenvalue weighted by atomic mass is 16.7. The Balaban J connectivity index is 1.55. The van der Waals surface area contributed by atoms with E-state index in [1.807, 2.05) is 13.0 Å². The van der Waals surface area contributed by atoms with E-state index in [9.17, 15) is 5.11 Å². The van der Waals surface area contributed by atoms with Gasteiger partial charge in [0.05, 0.1) is 24.8 Å². The third-order valence-electron chi connectivity index (χ3n) is 5.30. The zero-order valence-corrected chi connectivity index (χ0v) is 13.6. The first-order valence-corrected chi connectivity index (χ1v) is 8.65. The number of hydroxylamine groups is 2. The molecule has 5 unspecified atom stereocenters. The Bertz CT molecular complexity index is 446. The molecule has 2 bridgehead atoms. The Morgan fingerprint density at radius 2 is 2.18 bits per heavy atom. The van der Waals surface area contributed by atoms with Crippen LogP contribution in [0.3, 0.4) is 0 Å². The van der Waals surface area contributed by atoms with Gasteiger partial charge >= 0.3 is 0 Å². The van der Waals surface area contributed by atoms with Crippen molar-refractivity contribution in [3.63, 3.8) is 0 Å². The van der Waals surface area contributed by atoms with Gasteiger partial charge in [0.15, 0.2) is 0 Å². The fourth-order valence-corrected chi connectivity index (χ4v) is 3.91. The van der Waals surface area contributed by atoms with Crippen molar-refractivity contribution in [3.8, 4) is 11.8 Å². The molecule has 4 rings (SSSR count). The van der Waals surface area contributed by atoms with Gasteiger partial charge in [-0.2, -0.15) is 5.06 Å². The van der Waals surface area contributed by atoms with Crippen LogP contribution in [0.1, 0.15) is 32.6 Å². The molecule has 4 fully saturated rings. The quantitative estimate of drug-likeness (QED) is 0.460. The second-order valence-corrected chi connectivity index (χ2v) is 6.70. The van der Waals surface area contributed by atoms with Crippen LogP contribution in [-0.4, -0.2) is 59.5 Å². The summed E-state index contributed by atoms with van der Waals surface area (Å²) < 4.78 is 0. The van der Waals surface area contributed by atoms with Gasteiger partial charge in [-0.1, -0.05) is 12.0 Å². The van der Waals surface area contributed by atoms with Crippen LogP contribution in [0.4, 0.5) is 0 Å². The zero-order chi connectivity index (χ0) is 15.5. The molecular formula is C18H28N2O2. The molecule has 0 radical (unpaired) electrons. The van der Waals surface area contributed by atoms with Crippen LogP contribution in [0.5, 0.6) is 0 Å². The molecule has 0 aliphatic carbocycles. The minimum atomic E-state index is -0.256. The summed E-state index contributed by atoms with van der Waals surface area (Å²) in [7, 11) is 0. The molecule has 0 aromatic carbocycles. The molecule has 0 aromatic heterocycles. The number of hydrogen-bond donors (Lipinski definition) is 1. The molecule has 0 aromatic rings. The summed E-state index contributed by atoms with van der Waals surface area (Å²) in [5, 5.41) is 12.4. The van der Waals surface area contributed by atoms with Gasteiger partial charge in [-0.15, -0.1) is 12.5 Å². The summed E-state index contributed by atoms with van der Waals surface area (Å²) in [6.45, 7) is 9.81. The van der Waals surface area contributed by atoms with Crippen LogP contribution in [0.25, 0.3) is 0 Å². The number of rotatable bonds is 6. The molecular weight excluding hydrogens is 276 g/mol. The van der Waals surface area contributed by atoms with E-state index in [2.05, 4.69) is 28.4 Å². The van der Waals surface area contributed by atoms with Gasteiger partial charge in [-0.05, 0) is 51.1 Å². The normalized spacial score (nSPS) is 40.6. The van der Waals surface area contributed by atoms with Gasteiger partial charge in [-0.25, -0.2) is 0 Å². The highest BCUT2D eigenvalue weighted by molar-refractivity contribution is 5.16. The van der Waals surface area contributed by atoms with Gasteiger partial charge < -0.3 is 5.11 Å². The van der Waals surface area contributed by atoms with E-state index in [1.165, 1.54) is 0 Å². The number of nitrogens with zero attached hydrogens (tertiary/aromatic N) is 2. The predicted molar refractivity (Wildman–Crippen MR) is 86.9 cm³/mol. The van der Waals surface area contributed by atoms with E-state index in [1.54, 1.807) is 0 Å². The second kappa shape index (κ2) is 7.14. The average Bonchev–Trinajstić information content (AvgIpc) is 3.29. The van der Waals surface area contributed by atoms with Gasteiger partial charge in [-0.3, -0.25) is 9.74 Å². The van der Waals surface area contributed by atoms with Crippen molar-refractivity contribution in [2.75, 3.05) is 26.2 Å². The van der Waals surface area contributed by atoms with Crippen molar-refractivity contribution in [2.24, 2.45) is 11.8 Å². The fraction of sp³-hybridized carbons (Fsp3) is 0.778. The van der Waals surface area contributed by atoms with E-state index in [-0.39, 0.29) is 12.1 Å². The second-order valence-electron chi connectivity index (χ2n) is 6.70. The van der Waals surface area contributed by atoms with Gasteiger partial charge in [0.2, 0.25) is 0 Å². The van der Waals surface area contributed by atoms with Gasteiger partial charge in [0, 0.05) is 13.0 Å². The standard InChI is InChI=1S/C18H28N2O2/c1-3-6-14(17-13-20(17)22-4-2)7-5-8-16-18(21)15-9-11-19(16)12-10-15/h3,14-18,21H,1,4,6-7,9-13H2,2H3. The Kier molecular flexibility index (Phi) is 5.20. The molecule has 4 heteroatoms. The van der Waals surface area contributed by atoms with Crippen LogP contribution in [-0.2, 0) is 4.84 Å². The van der Waals surface area contributed by atoms with Crippen LogP contribution in [0.2, 0.25) is 0 Å². The Labute approximate surface area is 134 Å². The summed E-state index contributed by atoms with van der Waals surface area (Å²) in [5.41, 5.74) is 0. The molecule has 0 amide bonds. The highest BCUT2D eigenvalue weighted by Crippen LogP contribution is 2.33.